The number of hydrogen-bond acceptors (Lipinski definition) is 3. The first kappa shape index (κ1) is 10.3. The zero-order valence-corrected chi connectivity index (χ0v) is 9.33. The van der Waals surface area contributed by atoms with Crippen molar-refractivity contribution in [3.8, 4) is 0 Å². The van der Waals surface area contributed by atoms with Gasteiger partial charge in [0.25, 0.3) is 0 Å². The predicted octanol–water partition coefficient (Wildman–Crippen LogP) is 2.09. The number of carbonyl (C=O) groups is 1. The van der Waals surface area contributed by atoms with Gasteiger partial charge in [-0.15, -0.1) is 0 Å². The van der Waals surface area contributed by atoms with Crippen LogP contribution >= 0.6 is 0 Å². The molecule has 1 fully saturated rings. The second-order valence-electron chi connectivity index (χ2n) is 4.42. The van der Waals surface area contributed by atoms with E-state index in [4.69, 9.17) is 5.11 Å². The Kier molecular flexibility index (Phi) is 2.31. The third kappa shape index (κ3) is 1.58. The number of rotatable bonds is 2. The molecule has 2 heterocycles. The van der Waals surface area contributed by atoms with Gasteiger partial charge in [0.15, 0.2) is 11.3 Å². The molecule has 2 aromatic heterocycles. The summed E-state index contributed by atoms with van der Waals surface area (Å²) in [6.45, 7) is 0. The van der Waals surface area contributed by atoms with Crippen LogP contribution in [0.3, 0.4) is 0 Å². The summed E-state index contributed by atoms with van der Waals surface area (Å²) in [5.74, 6) is 0.216. The van der Waals surface area contributed by atoms with E-state index in [0.29, 0.717) is 11.6 Å². The van der Waals surface area contributed by atoms with E-state index in [9.17, 15) is 4.79 Å². The summed E-state index contributed by atoms with van der Waals surface area (Å²) in [6, 6.07) is 1.80. The van der Waals surface area contributed by atoms with Crippen molar-refractivity contribution in [3.63, 3.8) is 0 Å². The average Bonchev–Trinajstić information content (AvgIpc) is 2.95. The number of carboxylic acid groups (broad SMARTS) is 1. The topological polar surface area (TPSA) is 67.5 Å². The molecule has 0 saturated heterocycles. The number of aromatic carboxylic acids is 1. The van der Waals surface area contributed by atoms with Crippen molar-refractivity contribution in [1.29, 1.82) is 0 Å². The van der Waals surface area contributed by atoms with Crippen LogP contribution in [0.1, 0.15) is 47.9 Å². The largest absolute Gasteiger partial charge is 0.476 e. The molecule has 1 aliphatic carbocycles. The summed E-state index contributed by atoms with van der Waals surface area (Å²) >= 11 is 0. The lowest BCUT2D eigenvalue weighted by molar-refractivity contribution is 0.0693. The fourth-order valence-corrected chi connectivity index (χ4v) is 2.56. The third-order valence-electron chi connectivity index (χ3n) is 3.35. The van der Waals surface area contributed by atoms with Crippen molar-refractivity contribution in [3.05, 3.63) is 30.0 Å². The van der Waals surface area contributed by atoms with Crippen LogP contribution < -0.4 is 0 Å². The van der Waals surface area contributed by atoms with E-state index in [1.54, 1.807) is 12.3 Å². The van der Waals surface area contributed by atoms with Crippen molar-refractivity contribution >= 4 is 11.6 Å². The van der Waals surface area contributed by atoms with Crippen LogP contribution in [-0.2, 0) is 0 Å². The number of nitrogens with zero attached hydrogens (tertiary/aromatic N) is 3. The van der Waals surface area contributed by atoms with Gasteiger partial charge in [0.1, 0.15) is 5.82 Å². The maximum atomic E-state index is 11.1. The minimum Gasteiger partial charge on any atom is -0.476 e. The average molecular weight is 231 g/mol. The molecule has 0 atom stereocenters. The fraction of sp³-hybridized carbons (Fsp3) is 0.417. The van der Waals surface area contributed by atoms with Crippen LogP contribution in [0.25, 0.3) is 5.65 Å². The van der Waals surface area contributed by atoms with Crippen LogP contribution in [0.4, 0.5) is 0 Å². The highest BCUT2D eigenvalue weighted by Crippen LogP contribution is 2.34. The molecule has 2 aromatic rings. The molecule has 1 N–H and O–H groups in total. The van der Waals surface area contributed by atoms with Crippen LogP contribution in [0, 0.1) is 0 Å². The van der Waals surface area contributed by atoms with Gasteiger partial charge >= 0.3 is 5.97 Å². The standard InChI is InChI=1S/C12H13N3O2/c16-12(17)9-11-13-6-3-7-15(11)10(14-9)8-4-1-2-5-8/h3,6-8H,1-2,4-5H2,(H,16,17). The maximum absolute atomic E-state index is 11.1. The second-order valence-corrected chi connectivity index (χ2v) is 4.42. The van der Waals surface area contributed by atoms with Gasteiger partial charge in [-0.05, 0) is 18.9 Å². The van der Waals surface area contributed by atoms with Crippen molar-refractivity contribution < 1.29 is 9.90 Å². The van der Waals surface area contributed by atoms with Gasteiger partial charge in [0.2, 0.25) is 0 Å². The van der Waals surface area contributed by atoms with Gasteiger partial charge in [0.05, 0.1) is 0 Å². The SMILES string of the molecule is O=C(O)c1nc(C2CCCC2)n2cccnc12. The molecule has 0 unspecified atom stereocenters. The van der Waals surface area contributed by atoms with Crippen molar-refractivity contribution in [2.75, 3.05) is 0 Å². The van der Waals surface area contributed by atoms with E-state index in [1.807, 2.05) is 10.6 Å². The Morgan fingerprint density at radius 2 is 2.18 bits per heavy atom. The van der Waals surface area contributed by atoms with Crippen molar-refractivity contribution in [2.24, 2.45) is 0 Å². The number of fused-ring (bicyclic) bond motifs is 1. The van der Waals surface area contributed by atoms with Crippen molar-refractivity contribution in [1.82, 2.24) is 14.4 Å². The summed E-state index contributed by atoms with van der Waals surface area (Å²) in [5.41, 5.74) is 0.509. The molecule has 17 heavy (non-hydrogen) atoms. The molecule has 0 bridgehead atoms. The van der Waals surface area contributed by atoms with E-state index >= 15 is 0 Å². The van der Waals surface area contributed by atoms with Gasteiger partial charge in [-0.2, -0.15) is 0 Å². The monoisotopic (exact) mass is 231 g/mol. The Morgan fingerprint density at radius 3 is 2.88 bits per heavy atom. The molecular formula is C12H13N3O2. The highest BCUT2D eigenvalue weighted by molar-refractivity contribution is 5.92. The minimum atomic E-state index is -1.01. The lowest BCUT2D eigenvalue weighted by Gasteiger charge is -2.06. The lowest BCUT2D eigenvalue weighted by atomic mass is 10.1. The van der Waals surface area contributed by atoms with Crippen LogP contribution in [0.5, 0.6) is 0 Å². The van der Waals surface area contributed by atoms with E-state index in [0.717, 1.165) is 18.7 Å². The molecular weight excluding hydrogens is 218 g/mol. The smallest absolute Gasteiger partial charge is 0.358 e. The quantitative estimate of drug-likeness (QED) is 0.859. The van der Waals surface area contributed by atoms with Gasteiger partial charge < -0.3 is 5.11 Å². The molecule has 0 amide bonds. The summed E-state index contributed by atoms with van der Waals surface area (Å²) in [5, 5.41) is 9.12. The first-order chi connectivity index (χ1) is 8.27. The minimum absolute atomic E-state index is 0.0625. The molecule has 3 rings (SSSR count). The fourth-order valence-electron chi connectivity index (χ4n) is 2.56. The summed E-state index contributed by atoms with van der Waals surface area (Å²) in [6.07, 6.45) is 8.02. The Bertz CT molecular complexity index is 570. The molecule has 0 radical (unpaired) electrons. The first-order valence-electron chi connectivity index (χ1n) is 5.83. The van der Waals surface area contributed by atoms with Crippen LogP contribution in [0.2, 0.25) is 0 Å². The number of imidazole rings is 1. The Morgan fingerprint density at radius 1 is 1.41 bits per heavy atom. The summed E-state index contributed by atoms with van der Waals surface area (Å²) in [7, 11) is 0. The van der Waals surface area contributed by atoms with Crippen LogP contribution in [-0.4, -0.2) is 25.4 Å². The zero-order valence-electron chi connectivity index (χ0n) is 9.33. The van der Waals surface area contributed by atoms with E-state index in [2.05, 4.69) is 9.97 Å². The molecule has 1 saturated carbocycles. The molecule has 1 aliphatic rings. The van der Waals surface area contributed by atoms with E-state index < -0.39 is 5.97 Å². The van der Waals surface area contributed by atoms with Gasteiger partial charge in [-0.25, -0.2) is 14.8 Å². The number of hydrogen-bond donors (Lipinski definition) is 1. The Balaban J connectivity index is 2.20. The maximum Gasteiger partial charge on any atom is 0.358 e. The number of carboxylic acids is 1. The van der Waals surface area contributed by atoms with Gasteiger partial charge in [0, 0.05) is 18.3 Å². The molecule has 88 valence electrons. The Hall–Kier alpha value is -1.91. The zero-order chi connectivity index (χ0) is 11.8. The van der Waals surface area contributed by atoms with Gasteiger partial charge in [-0.3, -0.25) is 4.40 Å². The Labute approximate surface area is 98.1 Å². The molecule has 5 nitrogen and oxygen atoms in total. The molecule has 0 spiro atoms. The molecule has 5 heteroatoms. The van der Waals surface area contributed by atoms with Gasteiger partial charge in [-0.1, -0.05) is 12.8 Å². The van der Waals surface area contributed by atoms with E-state index in [-0.39, 0.29) is 5.69 Å². The third-order valence-corrected chi connectivity index (χ3v) is 3.35. The number of aromatic nitrogens is 3. The summed E-state index contributed by atoms with van der Waals surface area (Å²) in [4.78, 5) is 19.5. The highest BCUT2D eigenvalue weighted by atomic mass is 16.4. The van der Waals surface area contributed by atoms with Crippen LogP contribution in [0.15, 0.2) is 18.5 Å². The molecule has 0 aromatic carbocycles. The van der Waals surface area contributed by atoms with E-state index in [1.165, 1.54) is 12.8 Å². The lowest BCUT2D eigenvalue weighted by Crippen LogP contribution is -2.00. The predicted molar refractivity (Wildman–Crippen MR) is 61.2 cm³/mol. The second kappa shape index (κ2) is 3.84. The van der Waals surface area contributed by atoms with Crippen molar-refractivity contribution in [2.45, 2.75) is 31.6 Å². The highest BCUT2D eigenvalue weighted by Gasteiger charge is 2.25. The summed E-state index contributed by atoms with van der Waals surface area (Å²) < 4.78 is 1.82. The first-order valence-corrected chi connectivity index (χ1v) is 5.83. The normalized spacial score (nSPS) is 16.7. The molecule has 0 aliphatic heterocycles.